The Hall–Kier alpha value is -0.0456. The molecule has 0 saturated heterocycles. The van der Waals surface area contributed by atoms with Crippen LogP contribution in [0.4, 0.5) is 0 Å². The number of nitrogens with zero attached hydrogens (tertiary/aromatic N) is 1. The molecule has 2 rings (SSSR count). The number of benzene rings is 1. The molecular weight excluding hydrogens is 298 g/mol. The fraction of sp³-hybridized carbons (Fsp3) is 0. The molecule has 0 atom stereocenters. The molecule has 65 valence electrons. The van der Waals surface area contributed by atoms with Crippen molar-refractivity contribution in [3.63, 3.8) is 0 Å². The van der Waals surface area contributed by atoms with Gasteiger partial charge in [-0.1, -0.05) is 36.4 Å². The molecule has 1 nitrogen and oxygen atoms in total. The number of hydrogen-bond donors (Lipinski definition) is 0. The predicted octanol–water partition coefficient (Wildman–Crippen LogP) is 2.75. The van der Waals surface area contributed by atoms with Crippen molar-refractivity contribution in [1.29, 1.82) is 0 Å². The van der Waals surface area contributed by atoms with E-state index >= 15 is 0 Å². The van der Waals surface area contributed by atoms with E-state index in [0.717, 1.165) is 11.3 Å². The molecule has 2 aromatic rings. The van der Waals surface area contributed by atoms with Gasteiger partial charge >= 0.3 is 0 Å². The first-order valence-electron chi connectivity index (χ1n) is 3.93. The Bertz CT molecular complexity index is 307. The van der Waals surface area contributed by atoms with Crippen molar-refractivity contribution in [3.8, 4) is 11.3 Å². The van der Waals surface area contributed by atoms with Crippen LogP contribution in [0.15, 0.2) is 54.7 Å². The van der Waals surface area contributed by atoms with Crippen molar-refractivity contribution in [1.82, 2.24) is 4.98 Å². The second-order valence-corrected chi connectivity index (χ2v) is 2.58. The Morgan fingerprint density at radius 3 is 2.08 bits per heavy atom. The number of rotatable bonds is 1. The van der Waals surface area contributed by atoms with Crippen LogP contribution in [-0.4, -0.2) is 4.98 Å². The smallest absolute Gasteiger partial charge is 0.0701 e. The van der Waals surface area contributed by atoms with E-state index < -0.39 is 0 Å². The molecule has 0 saturated carbocycles. The van der Waals surface area contributed by atoms with Gasteiger partial charge in [-0.2, -0.15) is 0 Å². The Labute approximate surface area is 119 Å². The van der Waals surface area contributed by atoms with Crippen molar-refractivity contribution in [2.45, 2.75) is 0 Å². The van der Waals surface area contributed by atoms with Gasteiger partial charge in [-0.05, 0) is 12.1 Å². The Kier molecular flexibility index (Phi) is 4.78. The molecule has 0 aliphatic rings. The summed E-state index contributed by atoms with van der Waals surface area (Å²) in [4.78, 5) is 4.25. The van der Waals surface area contributed by atoms with Crippen molar-refractivity contribution in [2.75, 3.05) is 0 Å². The summed E-state index contributed by atoms with van der Waals surface area (Å²) >= 11 is 0. The third-order valence-corrected chi connectivity index (χ3v) is 1.73. The topological polar surface area (TPSA) is 12.9 Å². The van der Waals surface area contributed by atoms with Crippen LogP contribution in [0.2, 0.25) is 0 Å². The van der Waals surface area contributed by atoms with E-state index in [1.165, 1.54) is 0 Å². The molecular formula is C11H9EuN. The zero-order valence-electron chi connectivity index (χ0n) is 7.02. The van der Waals surface area contributed by atoms with Crippen LogP contribution in [-0.2, 0) is 0 Å². The van der Waals surface area contributed by atoms with E-state index in [2.05, 4.69) is 17.1 Å². The fourth-order valence-electron chi connectivity index (χ4n) is 1.14. The van der Waals surface area contributed by atoms with Crippen molar-refractivity contribution in [2.24, 2.45) is 0 Å². The van der Waals surface area contributed by atoms with Crippen LogP contribution < -0.4 is 0 Å². The normalized spacial score (nSPS) is 8.92. The Balaban J connectivity index is 0.000000845. The Morgan fingerprint density at radius 1 is 0.769 bits per heavy atom. The molecule has 1 heterocycles. The fourth-order valence-corrected chi connectivity index (χ4v) is 1.14. The van der Waals surface area contributed by atoms with E-state index in [1.807, 2.05) is 42.6 Å². The van der Waals surface area contributed by atoms with Gasteiger partial charge in [0.25, 0.3) is 0 Å². The summed E-state index contributed by atoms with van der Waals surface area (Å²) in [7, 11) is 0. The minimum Gasteiger partial charge on any atom is -0.256 e. The van der Waals surface area contributed by atoms with E-state index in [9.17, 15) is 0 Å². The van der Waals surface area contributed by atoms with Gasteiger partial charge < -0.3 is 0 Å². The standard InChI is InChI=1S/C11H9N.Eu/c1-2-6-10(7-3-1)11-8-4-5-9-12-11;/h1-9H;. The van der Waals surface area contributed by atoms with Crippen molar-refractivity contribution < 1.29 is 49.4 Å². The van der Waals surface area contributed by atoms with Gasteiger partial charge in [0.05, 0.1) is 5.69 Å². The molecule has 0 aliphatic carbocycles. The second kappa shape index (κ2) is 5.64. The van der Waals surface area contributed by atoms with E-state index in [0.29, 0.717) is 0 Å². The zero-order valence-corrected chi connectivity index (χ0v) is 9.45. The van der Waals surface area contributed by atoms with Crippen LogP contribution in [0.25, 0.3) is 11.3 Å². The molecule has 0 bridgehead atoms. The molecule has 0 fully saturated rings. The second-order valence-electron chi connectivity index (χ2n) is 2.58. The van der Waals surface area contributed by atoms with Crippen LogP contribution in [0, 0.1) is 49.4 Å². The molecule has 1 aromatic carbocycles. The summed E-state index contributed by atoms with van der Waals surface area (Å²) < 4.78 is 0. The van der Waals surface area contributed by atoms with Crippen molar-refractivity contribution in [3.05, 3.63) is 54.7 Å². The maximum absolute atomic E-state index is 4.25. The predicted molar refractivity (Wildman–Crippen MR) is 49.7 cm³/mol. The first-order valence-corrected chi connectivity index (χ1v) is 3.93. The number of pyridine rings is 1. The van der Waals surface area contributed by atoms with Gasteiger partial charge in [-0.3, -0.25) is 4.98 Å². The Morgan fingerprint density at radius 2 is 1.46 bits per heavy atom. The van der Waals surface area contributed by atoms with Crippen LogP contribution >= 0.6 is 0 Å². The van der Waals surface area contributed by atoms with Crippen LogP contribution in [0.1, 0.15) is 0 Å². The van der Waals surface area contributed by atoms with Gasteiger partial charge in [0, 0.05) is 61.1 Å². The number of aromatic nitrogens is 1. The largest absolute Gasteiger partial charge is 0.256 e. The van der Waals surface area contributed by atoms with Gasteiger partial charge in [0.2, 0.25) is 0 Å². The summed E-state index contributed by atoms with van der Waals surface area (Å²) in [5, 5.41) is 0. The molecule has 13 heavy (non-hydrogen) atoms. The molecule has 0 aliphatic heterocycles. The quantitative estimate of drug-likeness (QED) is 0.789. The minimum atomic E-state index is 0. The van der Waals surface area contributed by atoms with E-state index in [-0.39, 0.29) is 49.4 Å². The number of hydrogen-bond acceptors (Lipinski definition) is 1. The maximum atomic E-state index is 4.25. The maximum Gasteiger partial charge on any atom is 0.0701 e. The van der Waals surface area contributed by atoms with Crippen LogP contribution in [0.3, 0.4) is 0 Å². The summed E-state index contributed by atoms with van der Waals surface area (Å²) in [6.07, 6.45) is 1.81. The first kappa shape index (κ1) is 11.0. The summed E-state index contributed by atoms with van der Waals surface area (Å²) in [6, 6.07) is 16.1. The third-order valence-electron chi connectivity index (χ3n) is 1.73. The molecule has 0 unspecified atom stereocenters. The average molecular weight is 307 g/mol. The zero-order chi connectivity index (χ0) is 8.23. The van der Waals surface area contributed by atoms with Crippen LogP contribution in [0.5, 0.6) is 0 Å². The van der Waals surface area contributed by atoms with E-state index in [4.69, 9.17) is 0 Å². The van der Waals surface area contributed by atoms with E-state index in [1.54, 1.807) is 0 Å². The molecule has 1 aromatic heterocycles. The molecule has 0 N–H and O–H groups in total. The minimum absolute atomic E-state index is 0. The molecule has 0 spiro atoms. The SMILES string of the molecule is [Eu].c1ccc(-c2ccccn2)cc1. The average Bonchev–Trinajstić information content (AvgIpc) is 2.21. The van der Waals surface area contributed by atoms with Gasteiger partial charge in [0.15, 0.2) is 0 Å². The molecule has 0 amide bonds. The van der Waals surface area contributed by atoms with Gasteiger partial charge in [-0.25, -0.2) is 0 Å². The third kappa shape index (κ3) is 2.97. The summed E-state index contributed by atoms with van der Waals surface area (Å²) in [6.45, 7) is 0. The monoisotopic (exact) mass is 308 g/mol. The molecule has 1 radical (unpaired) electrons. The van der Waals surface area contributed by atoms with Gasteiger partial charge in [0.1, 0.15) is 0 Å². The summed E-state index contributed by atoms with van der Waals surface area (Å²) in [5.74, 6) is 0. The summed E-state index contributed by atoms with van der Waals surface area (Å²) in [5.41, 5.74) is 2.19. The molecule has 2 heteroatoms. The van der Waals surface area contributed by atoms with Crippen molar-refractivity contribution >= 4 is 0 Å². The van der Waals surface area contributed by atoms with Gasteiger partial charge in [-0.15, -0.1) is 0 Å². The first-order chi connectivity index (χ1) is 5.97.